The van der Waals surface area contributed by atoms with Crippen molar-refractivity contribution in [3.05, 3.63) is 76.1 Å². The van der Waals surface area contributed by atoms with Crippen molar-refractivity contribution in [2.24, 2.45) is 0 Å². The van der Waals surface area contributed by atoms with Gasteiger partial charge in [0.15, 0.2) is 5.76 Å². The van der Waals surface area contributed by atoms with Gasteiger partial charge in [0, 0.05) is 30.6 Å². The fourth-order valence-electron chi connectivity index (χ4n) is 4.67. The van der Waals surface area contributed by atoms with Crippen LogP contribution in [0.3, 0.4) is 0 Å². The number of halogens is 1. The average molecular weight is 499 g/mol. The maximum absolute atomic E-state index is 13.6. The van der Waals surface area contributed by atoms with Crippen LogP contribution in [0, 0.1) is 5.82 Å². The van der Waals surface area contributed by atoms with Crippen molar-refractivity contribution in [3.8, 4) is 5.75 Å². The Morgan fingerprint density at radius 2 is 2.14 bits per heavy atom. The Morgan fingerprint density at radius 3 is 2.91 bits per heavy atom. The molecular formula is C26H27FN2O5S. The molecule has 0 aliphatic carbocycles. The second kappa shape index (κ2) is 10.6. The van der Waals surface area contributed by atoms with E-state index in [0.29, 0.717) is 25.4 Å². The molecule has 0 unspecified atom stereocenters. The first-order valence-electron chi connectivity index (χ1n) is 11.8. The second-order valence-electron chi connectivity index (χ2n) is 8.72. The van der Waals surface area contributed by atoms with Gasteiger partial charge in [0.25, 0.3) is 5.91 Å². The van der Waals surface area contributed by atoms with Crippen LogP contribution in [0.1, 0.15) is 39.9 Å². The van der Waals surface area contributed by atoms with Crippen molar-refractivity contribution in [2.45, 2.75) is 31.4 Å². The van der Waals surface area contributed by atoms with E-state index in [-0.39, 0.29) is 48.7 Å². The van der Waals surface area contributed by atoms with E-state index in [1.807, 2.05) is 11.4 Å². The van der Waals surface area contributed by atoms with Crippen molar-refractivity contribution in [3.63, 3.8) is 0 Å². The zero-order valence-corrected chi connectivity index (χ0v) is 20.0. The van der Waals surface area contributed by atoms with E-state index in [9.17, 15) is 14.0 Å². The molecule has 7 nitrogen and oxygen atoms in total. The van der Waals surface area contributed by atoms with Crippen molar-refractivity contribution in [1.82, 2.24) is 9.80 Å². The minimum Gasteiger partial charge on any atom is -0.491 e. The van der Waals surface area contributed by atoms with E-state index in [1.54, 1.807) is 40.5 Å². The molecule has 184 valence electrons. The third-order valence-electron chi connectivity index (χ3n) is 6.41. The molecule has 1 fully saturated rings. The quantitative estimate of drug-likeness (QED) is 0.463. The van der Waals surface area contributed by atoms with Gasteiger partial charge < -0.3 is 23.7 Å². The summed E-state index contributed by atoms with van der Waals surface area (Å²) >= 11 is 1.66. The monoisotopic (exact) mass is 498 g/mol. The number of carbonyl (C=O) groups excluding carboxylic acids is 2. The molecule has 0 spiro atoms. The van der Waals surface area contributed by atoms with Gasteiger partial charge in [-0.15, -0.1) is 11.3 Å². The molecule has 0 radical (unpaired) electrons. The summed E-state index contributed by atoms with van der Waals surface area (Å²) in [6, 6.07) is 10.9. The molecule has 0 bridgehead atoms. The zero-order valence-electron chi connectivity index (χ0n) is 19.2. The first-order chi connectivity index (χ1) is 17.1. The third kappa shape index (κ3) is 5.41. The number of hydrogen-bond donors (Lipinski definition) is 0. The van der Waals surface area contributed by atoms with Crippen molar-refractivity contribution in [1.29, 1.82) is 0 Å². The van der Waals surface area contributed by atoms with Gasteiger partial charge in [0.1, 0.15) is 24.7 Å². The molecule has 2 aromatic heterocycles. The summed E-state index contributed by atoms with van der Waals surface area (Å²) in [6.07, 6.45) is 3.88. The van der Waals surface area contributed by atoms with E-state index >= 15 is 0 Å². The molecule has 1 aromatic carbocycles. The van der Waals surface area contributed by atoms with E-state index in [0.717, 1.165) is 24.8 Å². The van der Waals surface area contributed by atoms with E-state index in [2.05, 4.69) is 0 Å². The molecule has 0 N–H and O–H groups in total. The van der Waals surface area contributed by atoms with Crippen molar-refractivity contribution >= 4 is 23.2 Å². The summed E-state index contributed by atoms with van der Waals surface area (Å²) in [5, 5.41) is 2.01. The number of carbonyl (C=O) groups is 2. The summed E-state index contributed by atoms with van der Waals surface area (Å²) in [6.45, 7) is 1.61. The summed E-state index contributed by atoms with van der Waals surface area (Å²) in [7, 11) is 0. The molecule has 4 heterocycles. The fraction of sp³-hybridized carbons (Fsp3) is 0.385. The minimum atomic E-state index is -0.378. The molecular weight excluding hydrogens is 471 g/mol. The summed E-state index contributed by atoms with van der Waals surface area (Å²) < 4.78 is 30.6. The van der Waals surface area contributed by atoms with Crippen LogP contribution < -0.4 is 4.74 Å². The van der Waals surface area contributed by atoms with Gasteiger partial charge in [0.2, 0.25) is 5.91 Å². The number of nitrogens with zero attached hydrogens (tertiary/aromatic N) is 2. The largest absolute Gasteiger partial charge is 0.491 e. The number of amides is 2. The number of fused-ring (bicyclic) bond motifs is 1. The van der Waals surface area contributed by atoms with Crippen molar-refractivity contribution < 1.29 is 27.9 Å². The molecule has 35 heavy (non-hydrogen) atoms. The van der Waals surface area contributed by atoms with Crippen LogP contribution in [0.5, 0.6) is 5.75 Å². The van der Waals surface area contributed by atoms with Gasteiger partial charge >= 0.3 is 0 Å². The molecule has 2 aliphatic heterocycles. The van der Waals surface area contributed by atoms with Gasteiger partial charge in [-0.3, -0.25) is 9.59 Å². The highest BCUT2D eigenvalue weighted by Gasteiger charge is 2.35. The topological polar surface area (TPSA) is 72.2 Å². The van der Waals surface area contributed by atoms with Gasteiger partial charge in [-0.05, 0) is 60.5 Å². The van der Waals surface area contributed by atoms with Crippen LogP contribution in [0.15, 0.2) is 58.5 Å². The standard InChI is InChI=1S/C26H27FN2O5S/c27-18-4-1-5-19(14-18)34-17-22-21-9-13-35-24(21)8-10-29(22)25(30)16-28(15-20-6-2-11-32-20)26(31)23-7-3-12-33-23/h1,3-5,7,9,12-14,20,22H,2,6,8,10-11,15-17H2/t20-,22+/m0/s1. The SMILES string of the molecule is O=C(c1ccco1)N(CC(=O)N1CCc2sccc2[C@H]1COc1cccc(F)c1)C[C@@H]1CCCO1. The lowest BCUT2D eigenvalue weighted by molar-refractivity contribution is -0.135. The Bertz CT molecular complexity index is 1160. The molecule has 2 aliphatic rings. The lowest BCUT2D eigenvalue weighted by atomic mass is 10.0. The van der Waals surface area contributed by atoms with Crippen LogP contribution in [-0.2, 0) is 16.0 Å². The Hall–Kier alpha value is -3.17. The van der Waals surface area contributed by atoms with E-state index < -0.39 is 0 Å². The first kappa shape index (κ1) is 23.6. The first-order valence-corrected chi connectivity index (χ1v) is 12.6. The summed E-state index contributed by atoms with van der Waals surface area (Å²) in [5.74, 6) is -0.281. The highest BCUT2D eigenvalue weighted by Crippen LogP contribution is 2.34. The highest BCUT2D eigenvalue weighted by atomic mass is 32.1. The Kier molecular flexibility index (Phi) is 7.15. The second-order valence-corrected chi connectivity index (χ2v) is 9.72. The maximum atomic E-state index is 13.6. The Balaban J connectivity index is 1.34. The van der Waals surface area contributed by atoms with Crippen LogP contribution in [-0.4, -0.2) is 60.6 Å². The zero-order chi connectivity index (χ0) is 24.2. The highest BCUT2D eigenvalue weighted by molar-refractivity contribution is 7.10. The van der Waals surface area contributed by atoms with E-state index in [1.165, 1.54) is 28.2 Å². The summed E-state index contributed by atoms with van der Waals surface area (Å²) in [5.41, 5.74) is 1.04. The predicted molar refractivity (Wildman–Crippen MR) is 128 cm³/mol. The third-order valence-corrected chi connectivity index (χ3v) is 7.41. The number of hydrogen-bond acceptors (Lipinski definition) is 6. The number of ether oxygens (including phenoxy) is 2. The smallest absolute Gasteiger partial charge is 0.290 e. The molecule has 9 heteroatoms. The molecule has 2 atom stereocenters. The Morgan fingerprint density at radius 1 is 1.23 bits per heavy atom. The number of thiophene rings is 1. The summed E-state index contributed by atoms with van der Waals surface area (Å²) in [4.78, 5) is 31.3. The van der Waals surface area contributed by atoms with Gasteiger partial charge in [-0.2, -0.15) is 0 Å². The number of rotatable bonds is 8. The average Bonchev–Trinajstić information content (AvgIpc) is 3.64. The van der Waals surface area contributed by atoms with Crippen LogP contribution in [0.25, 0.3) is 0 Å². The van der Waals surface area contributed by atoms with Gasteiger partial charge in [-0.25, -0.2) is 4.39 Å². The van der Waals surface area contributed by atoms with Crippen LogP contribution in [0.2, 0.25) is 0 Å². The number of furan rings is 1. The molecule has 5 rings (SSSR count). The minimum absolute atomic E-state index is 0.0880. The molecule has 2 amide bonds. The molecule has 0 saturated carbocycles. The van der Waals surface area contributed by atoms with Crippen LogP contribution in [0.4, 0.5) is 4.39 Å². The fourth-order valence-corrected chi connectivity index (χ4v) is 5.60. The lowest BCUT2D eigenvalue weighted by Gasteiger charge is -2.37. The number of benzene rings is 1. The molecule has 3 aromatic rings. The lowest BCUT2D eigenvalue weighted by Crippen LogP contribution is -2.49. The van der Waals surface area contributed by atoms with Gasteiger partial charge in [-0.1, -0.05) is 6.07 Å². The van der Waals surface area contributed by atoms with Crippen LogP contribution >= 0.6 is 11.3 Å². The normalized spacial score (nSPS) is 19.4. The predicted octanol–water partition coefficient (Wildman–Crippen LogP) is 4.31. The van der Waals surface area contributed by atoms with Crippen molar-refractivity contribution in [2.75, 3.05) is 32.8 Å². The maximum Gasteiger partial charge on any atom is 0.290 e. The van der Waals surface area contributed by atoms with Gasteiger partial charge in [0.05, 0.1) is 18.4 Å². The molecule has 1 saturated heterocycles. The van der Waals surface area contributed by atoms with E-state index in [4.69, 9.17) is 13.9 Å². The Labute approximate surface area is 207 Å².